The van der Waals surface area contributed by atoms with E-state index in [9.17, 15) is 8.78 Å². The third-order valence-electron chi connectivity index (χ3n) is 3.52. The van der Waals surface area contributed by atoms with Crippen LogP contribution in [-0.4, -0.2) is 21.6 Å². The van der Waals surface area contributed by atoms with Crippen LogP contribution in [0.4, 0.5) is 8.78 Å². The average Bonchev–Trinajstić information content (AvgIpc) is 2.91. The van der Waals surface area contributed by atoms with Crippen molar-refractivity contribution >= 4 is 5.52 Å². The van der Waals surface area contributed by atoms with E-state index in [0.29, 0.717) is 12.0 Å². The molecule has 21 heavy (non-hydrogen) atoms. The molecule has 0 saturated carbocycles. The van der Waals surface area contributed by atoms with E-state index in [1.807, 2.05) is 0 Å². The number of aromatic nitrogens is 3. The van der Waals surface area contributed by atoms with Crippen molar-refractivity contribution in [1.29, 1.82) is 0 Å². The molecule has 4 nitrogen and oxygen atoms in total. The first-order valence-electron chi connectivity index (χ1n) is 6.57. The van der Waals surface area contributed by atoms with Crippen LogP contribution in [-0.2, 0) is 6.42 Å². The Hall–Kier alpha value is -2.34. The third kappa shape index (κ3) is 2.62. The number of likely N-dealkylation sites (N-methyl/N-ethyl adjacent to an activating group) is 1. The van der Waals surface area contributed by atoms with Crippen LogP contribution in [0.1, 0.15) is 17.2 Å². The third-order valence-corrected chi connectivity index (χ3v) is 3.52. The highest BCUT2D eigenvalue weighted by atomic mass is 19.1. The predicted molar refractivity (Wildman–Crippen MR) is 74.8 cm³/mol. The standard InChI is InChI=1S/C15H14F2N4/c1-18-14(6-10-2-3-11(16)7-13(10)17)12-8-20-21-5-4-19-9-15(12)21/h2-5,7-9,14,18H,6H2,1H3. The number of fused-ring (bicyclic) bond motifs is 1. The molecule has 2 aromatic heterocycles. The molecule has 0 aliphatic rings. The Balaban J connectivity index is 1.95. The summed E-state index contributed by atoms with van der Waals surface area (Å²) in [5.41, 5.74) is 2.24. The first kappa shape index (κ1) is 13.6. The molecule has 0 saturated heterocycles. The Labute approximate surface area is 120 Å². The summed E-state index contributed by atoms with van der Waals surface area (Å²) in [5, 5.41) is 7.39. The van der Waals surface area contributed by atoms with Crippen molar-refractivity contribution in [1.82, 2.24) is 19.9 Å². The Kier molecular flexibility index (Phi) is 3.62. The minimum atomic E-state index is -0.572. The number of rotatable bonds is 4. The molecular weight excluding hydrogens is 274 g/mol. The fourth-order valence-corrected chi connectivity index (χ4v) is 2.40. The number of benzene rings is 1. The maximum atomic E-state index is 13.8. The fourth-order valence-electron chi connectivity index (χ4n) is 2.40. The maximum absolute atomic E-state index is 13.8. The van der Waals surface area contributed by atoms with Crippen LogP contribution in [0.3, 0.4) is 0 Å². The second kappa shape index (κ2) is 5.57. The van der Waals surface area contributed by atoms with Crippen LogP contribution in [0, 0.1) is 11.6 Å². The van der Waals surface area contributed by atoms with E-state index in [1.165, 1.54) is 12.1 Å². The van der Waals surface area contributed by atoms with Gasteiger partial charge in [-0.2, -0.15) is 5.10 Å². The van der Waals surface area contributed by atoms with Gasteiger partial charge in [0, 0.05) is 30.1 Å². The lowest BCUT2D eigenvalue weighted by Crippen LogP contribution is -2.19. The summed E-state index contributed by atoms with van der Waals surface area (Å²) in [7, 11) is 1.80. The van der Waals surface area contributed by atoms with Crippen LogP contribution < -0.4 is 5.32 Å². The molecule has 0 spiro atoms. The molecule has 108 valence electrons. The fraction of sp³-hybridized carbons (Fsp3) is 0.200. The van der Waals surface area contributed by atoms with Gasteiger partial charge < -0.3 is 5.32 Å². The molecule has 6 heteroatoms. The van der Waals surface area contributed by atoms with E-state index < -0.39 is 11.6 Å². The number of nitrogens with zero attached hydrogens (tertiary/aromatic N) is 3. The van der Waals surface area contributed by atoms with Gasteiger partial charge in [-0.25, -0.2) is 13.3 Å². The molecular formula is C15H14F2N4. The Morgan fingerprint density at radius 3 is 2.90 bits per heavy atom. The van der Waals surface area contributed by atoms with Crippen LogP contribution in [0.5, 0.6) is 0 Å². The van der Waals surface area contributed by atoms with E-state index in [2.05, 4.69) is 15.4 Å². The van der Waals surface area contributed by atoms with Gasteiger partial charge in [0.1, 0.15) is 11.6 Å². The summed E-state index contributed by atoms with van der Waals surface area (Å²) < 4.78 is 28.5. The van der Waals surface area contributed by atoms with Crippen LogP contribution >= 0.6 is 0 Å². The SMILES string of the molecule is CNC(Cc1ccc(F)cc1F)c1cnn2ccncc12. The van der Waals surface area contributed by atoms with E-state index >= 15 is 0 Å². The van der Waals surface area contributed by atoms with Gasteiger partial charge in [-0.1, -0.05) is 6.07 Å². The van der Waals surface area contributed by atoms with Crippen molar-refractivity contribution in [2.75, 3.05) is 7.05 Å². The van der Waals surface area contributed by atoms with Gasteiger partial charge >= 0.3 is 0 Å². The molecule has 3 rings (SSSR count). The van der Waals surface area contributed by atoms with E-state index in [0.717, 1.165) is 17.1 Å². The molecule has 1 unspecified atom stereocenters. The highest BCUT2D eigenvalue weighted by molar-refractivity contribution is 5.53. The molecule has 0 aliphatic carbocycles. The van der Waals surface area contributed by atoms with Gasteiger partial charge in [0.15, 0.2) is 0 Å². The van der Waals surface area contributed by atoms with Gasteiger partial charge in [-0.15, -0.1) is 0 Å². The normalized spacial score (nSPS) is 12.7. The van der Waals surface area contributed by atoms with Crippen molar-refractivity contribution in [3.05, 3.63) is 65.7 Å². The largest absolute Gasteiger partial charge is 0.313 e. The second-order valence-electron chi connectivity index (χ2n) is 4.79. The van der Waals surface area contributed by atoms with Crippen molar-refractivity contribution in [3.63, 3.8) is 0 Å². The van der Waals surface area contributed by atoms with E-state index in [-0.39, 0.29) is 6.04 Å². The summed E-state index contributed by atoms with van der Waals surface area (Å²) in [6.45, 7) is 0. The zero-order chi connectivity index (χ0) is 14.8. The first-order valence-corrected chi connectivity index (χ1v) is 6.57. The molecule has 1 N–H and O–H groups in total. The first-order chi connectivity index (χ1) is 10.2. The van der Waals surface area contributed by atoms with Crippen LogP contribution in [0.15, 0.2) is 43.0 Å². The van der Waals surface area contributed by atoms with Gasteiger partial charge in [-0.3, -0.25) is 4.98 Å². The van der Waals surface area contributed by atoms with Gasteiger partial charge in [0.2, 0.25) is 0 Å². The second-order valence-corrected chi connectivity index (χ2v) is 4.79. The Morgan fingerprint density at radius 2 is 2.14 bits per heavy atom. The van der Waals surface area contributed by atoms with Gasteiger partial charge in [0.05, 0.1) is 17.9 Å². The quantitative estimate of drug-likeness (QED) is 0.802. The molecule has 0 radical (unpaired) electrons. The zero-order valence-electron chi connectivity index (χ0n) is 11.4. The minimum Gasteiger partial charge on any atom is -0.313 e. The van der Waals surface area contributed by atoms with Crippen molar-refractivity contribution in [3.8, 4) is 0 Å². The van der Waals surface area contributed by atoms with Crippen LogP contribution in [0.2, 0.25) is 0 Å². The summed E-state index contributed by atoms with van der Waals surface area (Å²) in [6.07, 6.45) is 7.26. The average molecular weight is 288 g/mol. The molecule has 3 aromatic rings. The van der Waals surface area contributed by atoms with Crippen LogP contribution in [0.25, 0.3) is 5.52 Å². The summed E-state index contributed by atoms with van der Waals surface area (Å²) in [6, 6.07) is 3.51. The number of halogens is 2. The molecule has 1 aromatic carbocycles. The molecule has 0 aliphatic heterocycles. The predicted octanol–water partition coefficient (Wildman–Crippen LogP) is 2.51. The van der Waals surface area contributed by atoms with E-state index in [1.54, 1.807) is 36.4 Å². The number of nitrogens with one attached hydrogen (secondary N) is 1. The van der Waals surface area contributed by atoms with Crippen molar-refractivity contribution in [2.45, 2.75) is 12.5 Å². The topological polar surface area (TPSA) is 42.2 Å². The monoisotopic (exact) mass is 288 g/mol. The lowest BCUT2D eigenvalue weighted by Gasteiger charge is -2.15. The number of hydrogen-bond acceptors (Lipinski definition) is 3. The minimum absolute atomic E-state index is 0.133. The van der Waals surface area contributed by atoms with Crippen molar-refractivity contribution in [2.24, 2.45) is 0 Å². The lowest BCUT2D eigenvalue weighted by atomic mass is 10.00. The molecule has 0 fully saturated rings. The highest BCUT2D eigenvalue weighted by Crippen LogP contribution is 2.23. The Morgan fingerprint density at radius 1 is 1.29 bits per heavy atom. The van der Waals surface area contributed by atoms with Crippen molar-refractivity contribution < 1.29 is 8.78 Å². The highest BCUT2D eigenvalue weighted by Gasteiger charge is 2.17. The maximum Gasteiger partial charge on any atom is 0.129 e. The smallest absolute Gasteiger partial charge is 0.129 e. The zero-order valence-corrected chi connectivity index (χ0v) is 11.4. The molecule has 1 atom stereocenters. The number of hydrogen-bond donors (Lipinski definition) is 1. The van der Waals surface area contributed by atoms with Gasteiger partial charge in [0.25, 0.3) is 0 Å². The molecule has 0 amide bonds. The summed E-state index contributed by atoms with van der Waals surface area (Å²) in [4.78, 5) is 4.09. The Bertz CT molecular complexity index is 769. The lowest BCUT2D eigenvalue weighted by molar-refractivity contribution is 0.542. The van der Waals surface area contributed by atoms with E-state index in [4.69, 9.17) is 0 Å². The summed E-state index contributed by atoms with van der Waals surface area (Å²) in [5.74, 6) is -1.11. The molecule has 0 bridgehead atoms. The molecule has 2 heterocycles. The van der Waals surface area contributed by atoms with Gasteiger partial charge in [-0.05, 0) is 25.1 Å². The summed E-state index contributed by atoms with van der Waals surface area (Å²) >= 11 is 0.